The fourth-order valence-corrected chi connectivity index (χ4v) is 2.95. The molecule has 0 aliphatic heterocycles. The van der Waals surface area contributed by atoms with Gasteiger partial charge in [0.25, 0.3) is 0 Å². The molecule has 0 radical (unpaired) electrons. The minimum absolute atomic E-state index is 0.0397. The molecule has 26 heavy (non-hydrogen) atoms. The zero-order chi connectivity index (χ0) is 20.2. The number of aromatic nitrogens is 1. The van der Waals surface area contributed by atoms with Crippen molar-refractivity contribution in [3.8, 4) is 5.75 Å². The highest BCUT2D eigenvalue weighted by Crippen LogP contribution is 2.55. The highest BCUT2D eigenvalue weighted by Gasteiger charge is 2.74. The third kappa shape index (κ3) is 2.68. The molecule has 144 valence electrons. The number of hydrogen-bond acceptors (Lipinski definition) is 2. The van der Waals surface area contributed by atoms with E-state index >= 15 is 0 Å². The first-order chi connectivity index (χ1) is 11.7. The summed E-state index contributed by atoms with van der Waals surface area (Å²) in [5.41, 5.74) is -7.03. The monoisotopic (exact) mass is 383 g/mol. The Kier molecular flexibility index (Phi) is 4.67. The van der Waals surface area contributed by atoms with Gasteiger partial charge in [-0.1, -0.05) is 6.92 Å². The second-order valence-corrected chi connectivity index (χ2v) is 6.11. The number of halogens is 7. The van der Waals surface area contributed by atoms with Gasteiger partial charge in [-0.3, -0.25) is 4.98 Å². The Balaban J connectivity index is 3.02. The molecule has 0 atom stereocenters. The van der Waals surface area contributed by atoms with Crippen molar-refractivity contribution >= 4 is 10.9 Å². The maximum absolute atomic E-state index is 14.5. The fraction of sp³-hybridized carbons (Fsp3) is 0.471. The molecule has 0 aliphatic rings. The van der Waals surface area contributed by atoms with Crippen LogP contribution in [0.4, 0.5) is 30.7 Å². The summed E-state index contributed by atoms with van der Waals surface area (Å²) in [5, 5.41) is 9.90. The second-order valence-electron chi connectivity index (χ2n) is 6.11. The van der Waals surface area contributed by atoms with Crippen LogP contribution in [-0.2, 0) is 12.1 Å². The van der Waals surface area contributed by atoms with Crippen molar-refractivity contribution in [3.05, 3.63) is 34.0 Å². The minimum Gasteiger partial charge on any atom is -0.507 e. The number of alkyl halides is 7. The van der Waals surface area contributed by atoms with E-state index < -0.39 is 34.9 Å². The van der Waals surface area contributed by atoms with Crippen LogP contribution in [0.15, 0.2) is 6.07 Å². The Bertz CT molecular complexity index is 855. The van der Waals surface area contributed by atoms with E-state index in [0.29, 0.717) is 18.2 Å². The van der Waals surface area contributed by atoms with E-state index in [1.165, 1.54) is 13.8 Å². The number of benzene rings is 1. The lowest BCUT2D eigenvalue weighted by molar-refractivity contribution is -0.348. The molecule has 0 fully saturated rings. The molecule has 0 saturated carbocycles. The third-order valence-electron chi connectivity index (χ3n) is 4.64. The molecule has 1 N–H and O–H groups in total. The van der Waals surface area contributed by atoms with E-state index in [1.54, 1.807) is 6.92 Å². The van der Waals surface area contributed by atoms with E-state index in [-0.39, 0.29) is 22.0 Å². The maximum atomic E-state index is 14.5. The SMILES string of the molecule is CCc1nc2c(C)c(C)c(C(F)(C(F)(F)F)C(F)(F)F)cc2c(O)c1C. The molecule has 0 spiro atoms. The Morgan fingerprint density at radius 1 is 0.885 bits per heavy atom. The van der Waals surface area contributed by atoms with Gasteiger partial charge < -0.3 is 5.11 Å². The molecule has 9 heteroatoms. The van der Waals surface area contributed by atoms with Crippen molar-refractivity contribution in [1.29, 1.82) is 0 Å². The number of aryl methyl sites for hydroxylation is 2. The Morgan fingerprint density at radius 2 is 1.38 bits per heavy atom. The fourth-order valence-electron chi connectivity index (χ4n) is 2.95. The number of hydrogen-bond donors (Lipinski definition) is 1. The van der Waals surface area contributed by atoms with E-state index in [4.69, 9.17) is 0 Å². The lowest BCUT2D eigenvalue weighted by atomic mass is 9.86. The van der Waals surface area contributed by atoms with Gasteiger partial charge in [0.15, 0.2) is 0 Å². The predicted molar refractivity (Wildman–Crippen MR) is 81.9 cm³/mol. The van der Waals surface area contributed by atoms with Gasteiger partial charge in [0.2, 0.25) is 0 Å². The quantitative estimate of drug-likeness (QED) is 0.673. The lowest BCUT2D eigenvalue weighted by Crippen LogP contribution is -2.50. The van der Waals surface area contributed by atoms with Crippen molar-refractivity contribution in [3.63, 3.8) is 0 Å². The number of nitrogens with zero attached hydrogens (tertiary/aromatic N) is 1. The van der Waals surface area contributed by atoms with Gasteiger partial charge in [-0.05, 0) is 44.4 Å². The highest BCUT2D eigenvalue weighted by molar-refractivity contribution is 5.90. The molecule has 2 rings (SSSR count). The number of aromatic hydroxyl groups is 1. The lowest BCUT2D eigenvalue weighted by Gasteiger charge is -2.32. The van der Waals surface area contributed by atoms with E-state index in [9.17, 15) is 35.8 Å². The number of fused-ring (bicyclic) bond motifs is 1. The van der Waals surface area contributed by atoms with Crippen molar-refractivity contribution in [2.24, 2.45) is 0 Å². The molecule has 2 nitrogen and oxygen atoms in total. The normalized spacial score (nSPS) is 13.5. The van der Waals surface area contributed by atoms with Crippen LogP contribution in [0.2, 0.25) is 0 Å². The summed E-state index contributed by atoms with van der Waals surface area (Å²) < 4.78 is 93.3. The maximum Gasteiger partial charge on any atom is 0.435 e. The standard InChI is InChI=1S/C17H16F7NO/c1-5-12-9(4)14(26)10-6-11(7(2)8(3)13(10)25-12)15(18,16(19,20)21)17(22,23)24/h6H,5H2,1-4H3,(H,25,26). The van der Waals surface area contributed by atoms with Crippen LogP contribution in [0.25, 0.3) is 10.9 Å². The van der Waals surface area contributed by atoms with Crippen LogP contribution < -0.4 is 0 Å². The molecule has 1 aromatic carbocycles. The molecule has 2 aromatic rings. The van der Waals surface area contributed by atoms with Crippen LogP contribution in [0.3, 0.4) is 0 Å². The number of rotatable bonds is 2. The molecule has 0 aliphatic carbocycles. The smallest absolute Gasteiger partial charge is 0.435 e. The summed E-state index contributed by atoms with van der Waals surface area (Å²) in [6.07, 6.45) is -12.1. The van der Waals surface area contributed by atoms with E-state index in [0.717, 1.165) is 6.92 Å². The highest BCUT2D eigenvalue weighted by atomic mass is 19.4. The largest absolute Gasteiger partial charge is 0.507 e. The molecule has 0 unspecified atom stereocenters. The molecule has 0 bridgehead atoms. The van der Waals surface area contributed by atoms with Gasteiger partial charge >= 0.3 is 18.0 Å². The van der Waals surface area contributed by atoms with Gasteiger partial charge in [-0.15, -0.1) is 0 Å². The summed E-state index contributed by atoms with van der Waals surface area (Å²) in [6.45, 7) is 5.39. The first-order valence-corrected chi connectivity index (χ1v) is 7.63. The van der Waals surface area contributed by atoms with Crippen LogP contribution in [-0.4, -0.2) is 22.4 Å². The van der Waals surface area contributed by atoms with Gasteiger partial charge in [0, 0.05) is 22.2 Å². The van der Waals surface area contributed by atoms with Crippen molar-refractivity contribution in [2.75, 3.05) is 0 Å². The van der Waals surface area contributed by atoms with Crippen LogP contribution in [0.5, 0.6) is 5.75 Å². The molecular weight excluding hydrogens is 367 g/mol. The van der Waals surface area contributed by atoms with Gasteiger partial charge in [-0.2, -0.15) is 26.3 Å². The number of pyridine rings is 1. The van der Waals surface area contributed by atoms with E-state index in [1.807, 2.05) is 0 Å². The average Bonchev–Trinajstić information content (AvgIpc) is 2.51. The van der Waals surface area contributed by atoms with Crippen LogP contribution in [0.1, 0.15) is 34.9 Å². The van der Waals surface area contributed by atoms with Gasteiger partial charge in [-0.25, -0.2) is 4.39 Å². The Labute approximate surface area is 144 Å². The molecule has 0 saturated heterocycles. The molecule has 1 heterocycles. The first kappa shape index (κ1) is 20.3. The summed E-state index contributed by atoms with van der Waals surface area (Å²) >= 11 is 0. The first-order valence-electron chi connectivity index (χ1n) is 7.63. The van der Waals surface area contributed by atoms with Gasteiger partial charge in [0.05, 0.1) is 5.52 Å². The topological polar surface area (TPSA) is 33.1 Å². The predicted octanol–water partition coefficient (Wildman–Crippen LogP) is 5.72. The van der Waals surface area contributed by atoms with Crippen molar-refractivity contribution < 1.29 is 35.8 Å². The molecule has 1 aromatic heterocycles. The Hall–Kier alpha value is -2.06. The third-order valence-corrected chi connectivity index (χ3v) is 4.64. The zero-order valence-electron chi connectivity index (χ0n) is 14.3. The van der Waals surface area contributed by atoms with Crippen LogP contribution >= 0.6 is 0 Å². The summed E-state index contributed by atoms with van der Waals surface area (Å²) in [5.74, 6) is -0.511. The summed E-state index contributed by atoms with van der Waals surface area (Å²) in [6, 6.07) is 0.396. The van der Waals surface area contributed by atoms with Crippen LogP contribution in [0, 0.1) is 20.8 Å². The Morgan fingerprint density at radius 3 is 1.81 bits per heavy atom. The zero-order valence-corrected chi connectivity index (χ0v) is 14.3. The minimum atomic E-state index is -6.22. The molecular formula is C17H16F7NO. The molecule has 0 amide bonds. The van der Waals surface area contributed by atoms with E-state index in [2.05, 4.69) is 4.98 Å². The average molecular weight is 383 g/mol. The van der Waals surface area contributed by atoms with Gasteiger partial charge in [0.1, 0.15) is 5.75 Å². The summed E-state index contributed by atoms with van der Waals surface area (Å²) in [7, 11) is 0. The summed E-state index contributed by atoms with van der Waals surface area (Å²) in [4.78, 5) is 4.22. The van der Waals surface area contributed by atoms with Crippen molar-refractivity contribution in [1.82, 2.24) is 4.98 Å². The second kappa shape index (κ2) is 5.99. The van der Waals surface area contributed by atoms with Crippen molar-refractivity contribution in [2.45, 2.75) is 52.1 Å².